The maximum Gasteiger partial charge on any atom is 0.420 e. The minimum absolute atomic E-state index is 0.0211. The summed E-state index contributed by atoms with van der Waals surface area (Å²) in [5.41, 5.74) is 1.82. The van der Waals surface area contributed by atoms with E-state index in [0.29, 0.717) is 17.8 Å². The van der Waals surface area contributed by atoms with E-state index in [2.05, 4.69) is 15.3 Å². The van der Waals surface area contributed by atoms with Crippen molar-refractivity contribution < 1.29 is 18.0 Å². The first kappa shape index (κ1) is 22.8. The number of halogens is 4. The molecule has 0 bridgehead atoms. The highest BCUT2D eigenvalue weighted by atomic mass is 35.5. The number of hydrogen-bond donors (Lipinski definition) is 1. The van der Waals surface area contributed by atoms with Crippen LogP contribution in [0, 0.1) is 6.92 Å². The van der Waals surface area contributed by atoms with Gasteiger partial charge in [0.1, 0.15) is 10.7 Å². The van der Waals surface area contributed by atoms with Gasteiger partial charge in [0.25, 0.3) is 0 Å². The van der Waals surface area contributed by atoms with E-state index in [1.165, 1.54) is 5.56 Å². The Morgan fingerprint density at radius 3 is 2.37 bits per heavy atom. The van der Waals surface area contributed by atoms with Crippen LogP contribution in [0.3, 0.4) is 0 Å². The topological polar surface area (TPSA) is 50.3 Å². The maximum absolute atomic E-state index is 12.8. The number of anilines is 2. The van der Waals surface area contributed by atoms with E-state index in [4.69, 9.17) is 16.4 Å². The zero-order valence-electron chi connectivity index (χ0n) is 17.5. The van der Waals surface area contributed by atoms with Gasteiger partial charge in [0.05, 0.1) is 5.60 Å². The fraction of sp³-hybridized carbons (Fsp3) is 0.524. The normalized spacial score (nSPS) is 16.7. The van der Waals surface area contributed by atoms with Crippen LogP contribution in [0.1, 0.15) is 56.2 Å². The van der Waals surface area contributed by atoms with Gasteiger partial charge in [-0.25, -0.2) is 9.97 Å². The van der Waals surface area contributed by atoms with Crippen molar-refractivity contribution >= 4 is 23.2 Å². The van der Waals surface area contributed by atoms with Gasteiger partial charge in [-0.1, -0.05) is 17.7 Å². The van der Waals surface area contributed by atoms with E-state index in [1.54, 1.807) is 0 Å². The van der Waals surface area contributed by atoms with Crippen LogP contribution < -0.4 is 5.32 Å². The molecule has 2 heterocycles. The molecule has 5 nitrogen and oxygen atoms in total. The molecule has 9 heteroatoms. The molecule has 0 atom stereocenters. The van der Waals surface area contributed by atoms with E-state index in [1.807, 2.05) is 51.0 Å². The van der Waals surface area contributed by atoms with Crippen molar-refractivity contribution in [2.75, 3.05) is 18.4 Å². The molecule has 1 fully saturated rings. The molecule has 2 aromatic rings. The molecule has 1 saturated heterocycles. The molecule has 0 unspecified atom stereocenters. The Balaban J connectivity index is 1.66. The Labute approximate surface area is 179 Å². The predicted octanol–water partition coefficient (Wildman–Crippen LogP) is 6.11. The Kier molecular flexibility index (Phi) is 6.60. The van der Waals surface area contributed by atoms with Crippen LogP contribution in [0.15, 0.2) is 24.4 Å². The lowest BCUT2D eigenvalue weighted by atomic mass is 9.87. The molecular weight excluding hydrogens is 417 g/mol. The first-order valence-corrected chi connectivity index (χ1v) is 10.2. The lowest BCUT2D eigenvalue weighted by molar-refractivity contribution is -0.236. The lowest BCUT2D eigenvalue weighted by Gasteiger charge is -2.36. The Bertz CT molecular complexity index is 891. The summed E-state index contributed by atoms with van der Waals surface area (Å²) >= 11 is 5.66. The standard InChI is InChI=1S/C21H26ClF3N4O/c1-13-11-15(27-19-26-12-17(18(22)28-19)21(23,24)25)5-6-16(13)14-7-9-29(10-8-14)30-20(2,3)4/h5-6,11-12,14H,7-10H2,1-4H3,(H,26,27,28). The van der Waals surface area contributed by atoms with Crippen molar-refractivity contribution in [2.45, 2.75) is 58.2 Å². The molecule has 1 N–H and O–H groups in total. The van der Waals surface area contributed by atoms with Gasteiger partial charge in [-0.3, -0.25) is 4.84 Å². The molecule has 0 aliphatic carbocycles. The molecule has 1 aromatic carbocycles. The van der Waals surface area contributed by atoms with E-state index in [0.717, 1.165) is 31.5 Å². The van der Waals surface area contributed by atoms with Crippen LogP contribution in [0.5, 0.6) is 0 Å². The predicted molar refractivity (Wildman–Crippen MR) is 111 cm³/mol. The van der Waals surface area contributed by atoms with E-state index < -0.39 is 16.9 Å². The molecule has 0 amide bonds. The molecule has 164 valence electrons. The average molecular weight is 443 g/mol. The van der Waals surface area contributed by atoms with Crippen LogP contribution in [0.4, 0.5) is 24.8 Å². The van der Waals surface area contributed by atoms with E-state index in [-0.39, 0.29) is 11.5 Å². The number of nitrogens with one attached hydrogen (secondary N) is 1. The third-order valence-corrected chi connectivity index (χ3v) is 5.16. The van der Waals surface area contributed by atoms with Gasteiger partial charge >= 0.3 is 6.18 Å². The summed E-state index contributed by atoms with van der Waals surface area (Å²) in [4.78, 5) is 13.4. The number of rotatable bonds is 4. The number of piperidine rings is 1. The fourth-order valence-corrected chi connectivity index (χ4v) is 3.83. The maximum atomic E-state index is 12.8. The van der Waals surface area contributed by atoms with Gasteiger partial charge in [0.2, 0.25) is 5.95 Å². The van der Waals surface area contributed by atoms with Crippen molar-refractivity contribution in [2.24, 2.45) is 0 Å². The van der Waals surface area contributed by atoms with E-state index >= 15 is 0 Å². The second-order valence-corrected chi connectivity index (χ2v) is 8.86. The summed E-state index contributed by atoms with van der Waals surface area (Å²) in [6.45, 7) is 9.91. The lowest BCUT2D eigenvalue weighted by Crippen LogP contribution is -2.39. The number of alkyl halides is 3. The summed E-state index contributed by atoms with van der Waals surface area (Å²) in [6.07, 6.45) is -1.89. The third kappa shape index (κ3) is 5.83. The number of nitrogens with zero attached hydrogens (tertiary/aromatic N) is 3. The van der Waals surface area contributed by atoms with Crippen LogP contribution in [-0.2, 0) is 11.0 Å². The van der Waals surface area contributed by atoms with Crippen LogP contribution in [0.25, 0.3) is 0 Å². The minimum Gasteiger partial charge on any atom is -0.324 e. The van der Waals surface area contributed by atoms with Crippen molar-refractivity contribution in [3.05, 3.63) is 46.2 Å². The Morgan fingerprint density at radius 2 is 1.83 bits per heavy atom. The number of benzene rings is 1. The molecule has 0 radical (unpaired) electrons. The van der Waals surface area contributed by atoms with Crippen molar-refractivity contribution in [3.63, 3.8) is 0 Å². The highest BCUT2D eigenvalue weighted by Gasteiger charge is 2.34. The number of aryl methyl sites for hydroxylation is 1. The number of hydroxylamine groups is 2. The van der Waals surface area contributed by atoms with Gasteiger partial charge in [0, 0.05) is 25.0 Å². The number of hydrogen-bond acceptors (Lipinski definition) is 5. The Hall–Kier alpha value is -1.90. The third-order valence-electron chi connectivity index (χ3n) is 4.87. The average Bonchev–Trinajstić information content (AvgIpc) is 2.60. The van der Waals surface area contributed by atoms with E-state index in [9.17, 15) is 13.2 Å². The zero-order chi connectivity index (χ0) is 22.1. The van der Waals surface area contributed by atoms with Crippen molar-refractivity contribution in [1.29, 1.82) is 0 Å². The summed E-state index contributed by atoms with van der Waals surface area (Å²) in [6, 6.07) is 5.88. The molecule has 1 aromatic heterocycles. The second-order valence-electron chi connectivity index (χ2n) is 8.50. The summed E-state index contributed by atoms with van der Waals surface area (Å²) in [7, 11) is 0. The van der Waals surface area contributed by atoms with Crippen molar-refractivity contribution in [1.82, 2.24) is 15.0 Å². The highest BCUT2D eigenvalue weighted by Crippen LogP contribution is 2.35. The largest absolute Gasteiger partial charge is 0.420 e. The summed E-state index contributed by atoms with van der Waals surface area (Å²) < 4.78 is 38.4. The number of aromatic nitrogens is 2. The van der Waals surface area contributed by atoms with Gasteiger partial charge in [-0.15, -0.1) is 0 Å². The van der Waals surface area contributed by atoms with Crippen LogP contribution in [0.2, 0.25) is 5.15 Å². The molecule has 3 rings (SSSR count). The smallest absolute Gasteiger partial charge is 0.324 e. The molecule has 0 spiro atoms. The zero-order valence-corrected chi connectivity index (χ0v) is 18.2. The first-order chi connectivity index (χ1) is 13.9. The van der Waals surface area contributed by atoms with Crippen molar-refractivity contribution in [3.8, 4) is 0 Å². The molecular formula is C21H26ClF3N4O. The fourth-order valence-electron chi connectivity index (χ4n) is 3.60. The SMILES string of the molecule is Cc1cc(Nc2ncc(C(F)(F)F)c(Cl)n2)ccc1C1CCN(OC(C)(C)C)CC1. The van der Waals surface area contributed by atoms with Crippen LogP contribution in [-0.4, -0.2) is 33.7 Å². The molecule has 30 heavy (non-hydrogen) atoms. The minimum atomic E-state index is -4.58. The molecule has 0 saturated carbocycles. The van der Waals surface area contributed by atoms with Gasteiger partial charge in [0.15, 0.2) is 0 Å². The first-order valence-electron chi connectivity index (χ1n) is 9.84. The highest BCUT2D eigenvalue weighted by molar-refractivity contribution is 6.30. The monoisotopic (exact) mass is 442 g/mol. The van der Waals surface area contributed by atoms with Crippen LogP contribution >= 0.6 is 11.6 Å². The summed E-state index contributed by atoms with van der Waals surface area (Å²) in [5, 5.41) is 4.33. The second kappa shape index (κ2) is 8.69. The quantitative estimate of drug-likeness (QED) is 0.579. The van der Waals surface area contributed by atoms with Gasteiger partial charge in [-0.2, -0.15) is 18.2 Å². The van der Waals surface area contributed by atoms with Gasteiger partial charge in [-0.05, 0) is 69.7 Å². The molecule has 1 aliphatic rings. The summed E-state index contributed by atoms with van der Waals surface area (Å²) in [5.74, 6) is 0.461. The van der Waals surface area contributed by atoms with Gasteiger partial charge < -0.3 is 5.32 Å². The molecule has 1 aliphatic heterocycles. The Morgan fingerprint density at radius 1 is 1.17 bits per heavy atom.